The molecule has 0 amide bonds. The summed E-state index contributed by atoms with van der Waals surface area (Å²) in [6.45, 7) is 26.3. The van der Waals surface area contributed by atoms with Gasteiger partial charge in [-0.05, 0) is 89.8 Å². The summed E-state index contributed by atoms with van der Waals surface area (Å²) in [5.41, 5.74) is 0.122. The molecule has 8 atom stereocenters. The number of fused-ring (bicyclic) bond motifs is 7. The van der Waals surface area contributed by atoms with Crippen LogP contribution in [0, 0.1) is 62.7 Å². The number of hydrogen-bond acceptors (Lipinski definition) is 2. The van der Waals surface area contributed by atoms with E-state index in [1.54, 1.807) is 0 Å². The van der Waals surface area contributed by atoms with Crippen molar-refractivity contribution in [3.05, 3.63) is 23.2 Å². The Morgan fingerprint density at radius 1 is 0.914 bits per heavy atom. The Bertz CT molecular complexity index is 1040. The van der Waals surface area contributed by atoms with Crippen LogP contribution in [0.1, 0.15) is 113 Å². The SMILES string of the molecule is [C-]#[N+]C1=C[C@]2(C)[C@H]3CC(=O)C4C5CC(C)(C)CC[C@]5(CC)CC[C@@]4(C)[C@]3(C)CC[C@H]2C(C)(C)C1=O. The van der Waals surface area contributed by atoms with Crippen LogP contribution in [0.5, 0.6) is 0 Å². The third-order valence-electron chi connectivity index (χ3n) is 13.3. The maximum Gasteiger partial charge on any atom is 0.226 e. The van der Waals surface area contributed by atoms with Crippen LogP contribution in [0.4, 0.5) is 0 Å². The van der Waals surface area contributed by atoms with E-state index in [-0.39, 0.29) is 39.8 Å². The predicted molar refractivity (Wildman–Crippen MR) is 140 cm³/mol. The van der Waals surface area contributed by atoms with Crippen LogP contribution in [-0.4, -0.2) is 11.6 Å². The van der Waals surface area contributed by atoms with Crippen LogP contribution in [-0.2, 0) is 9.59 Å². The summed E-state index contributed by atoms with van der Waals surface area (Å²) in [6, 6.07) is 0. The lowest BCUT2D eigenvalue weighted by molar-refractivity contribution is -0.223. The van der Waals surface area contributed by atoms with Gasteiger partial charge < -0.3 is 4.79 Å². The Hall–Kier alpha value is -1.43. The molecule has 5 rings (SSSR count). The fraction of sp³-hybridized carbons (Fsp3) is 0.844. The highest BCUT2D eigenvalue weighted by atomic mass is 16.1. The lowest BCUT2D eigenvalue weighted by atomic mass is 9.31. The van der Waals surface area contributed by atoms with Gasteiger partial charge in [-0.1, -0.05) is 67.9 Å². The Morgan fingerprint density at radius 2 is 1.57 bits per heavy atom. The molecule has 35 heavy (non-hydrogen) atoms. The maximum absolute atomic E-state index is 14.4. The van der Waals surface area contributed by atoms with Crippen molar-refractivity contribution in [3.63, 3.8) is 0 Å². The van der Waals surface area contributed by atoms with Gasteiger partial charge in [0.1, 0.15) is 5.78 Å². The van der Waals surface area contributed by atoms with E-state index in [4.69, 9.17) is 6.57 Å². The zero-order valence-electron chi connectivity index (χ0n) is 23.5. The first-order chi connectivity index (χ1) is 16.1. The van der Waals surface area contributed by atoms with E-state index in [9.17, 15) is 9.59 Å². The fourth-order valence-electron chi connectivity index (χ4n) is 11.0. The third-order valence-corrected chi connectivity index (χ3v) is 13.3. The van der Waals surface area contributed by atoms with Gasteiger partial charge in [0, 0.05) is 17.8 Å². The average molecular weight is 478 g/mol. The number of allylic oxidation sites excluding steroid dienone is 2. The first-order valence-electron chi connectivity index (χ1n) is 14.3. The van der Waals surface area contributed by atoms with Crippen molar-refractivity contribution < 1.29 is 9.59 Å². The van der Waals surface area contributed by atoms with E-state index >= 15 is 0 Å². The smallest absolute Gasteiger partial charge is 0.226 e. The molecule has 3 nitrogen and oxygen atoms in total. The first-order valence-corrected chi connectivity index (χ1v) is 14.3. The van der Waals surface area contributed by atoms with Crippen molar-refractivity contribution in [2.24, 2.45) is 56.2 Å². The van der Waals surface area contributed by atoms with Crippen molar-refractivity contribution >= 4 is 11.6 Å². The number of hydrogen-bond donors (Lipinski definition) is 0. The Labute approximate surface area is 213 Å². The largest absolute Gasteiger partial charge is 0.307 e. The molecule has 0 radical (unpaired) electrons. The molecular formula is C32H47NO2. The van der Waals surface area contributed by atoms with E-state index in [2.05, 4.69) is 60.2 Å². The van der Waals surface area contributed by atoms with Gasteiger partial charge in [0.2, 0.25) is 5.70 Å². The van der Waals surface area contributed by atoms with Crippen LogP contribution in [0.15, 0.2) is 11.8 Å². The van der Waals surface area contributed by atoms with Crippen molar-refractivity contribution in [1.29, 1.82) is 0 Å². The number of rotatable bonds is 1. The maximum atomic E-state index is 14.4. The minimum Gasteiger partial charge on any atom is -0.307 e. The molecule has 0 N–H and O–H groups in total. The fourth-order valence-corrected chi connectivity index (χ4v) is 11.0. The van der Waals surface area contributed by atoms with Gasteiger partial charge >= 0.3 is 0 Å². The topological polar surface area (TPSA) is 38.5 Å². The van der Waals surface area contributed by atoms with E-state index in [0.717, 1.165) is 19.3 Å². The number of nitrogens with zero attached hydrogens (tertiary/aromatic N) is 1. The summed E-state index contributed by atoms with van der Waals surface area (Å²) in [5.74, 6) is 1.51. The van der Waals surface area contributed by atoms with Gasteiger partial charge in [-0.25, -0.2) is 4.85 Å². The van der Waals surface area contributed by atoms with Crippen molar-refractivity contribution in [1.82, 2.24) is 0 Å². The molecule has 5 aliphatic carbocycles. The molecule has 0 aromatic carbocycles. The second kappa shape index (κ2) is 7.33. The molecule has 0 bridgehead atoms. The highest BCUT2D eigenvalue weighted by Crippen LogP contribution is 2.76. The summed E-state index contributed by atoms with van der Waals surface area (Å²) in [7, 11) is 0. The van der Waals surface area contributed by atoms with Gasteiger partial charge in [-0.2, -0.15) is 0 Å². The molecule has 0 heterocycles. The number of carbonyl (C=O) groups excluding carboxylic acids is 2. The summed E-state index contributed by atoms with van der Waals surface area (Å²) in [4.78, 5) is 31.3. The summed E-state index contributed by atoms with van der Waals surface area (Å²) in [5, 5.41) is 0. The average Bonchev–Trinajstić information content (AvgIpc) is 2.77. The normalized spacial score (nSPS) is 50.1. The molecule has 3 heteroatoms. The zero-order valence-corrected chi connectivity index (χ0v) is 23.5. The van der Waals surface area contributed by atoms with Crippen molar-refractivity contribution in [2.75, 3.05) is 0 Å². The Kier molecular flexibility index (Phi) is 5.28. The van der Waals surface area contributed by atoms with Crippen molar-refractivity contribution in [3.8, 4) is 0 Å². The minimum absolute atomic E-state index is 0.000338. The minimum atomic E-state index is -0.553. The molecule has 192 valence electrons. The van der Waals surface area contributed by atoms with Crippen LogP contribution < -0.4 is 0 Å². The second-order valence-corrected chi connectivity index (χ2v) is 15.4. The quantitative estimate of drug-likeness (QED) is 0.358. The molecule has 4 fully saturated rings. The number of Topliss-reactive ketones (excluding diaryl/α,β-unsaturated/α-hetero) is 2. The summed E-state index contributed by atoms with van der Waals surface area (Å²) in [6.07, 6.45) is 12.1. The van der Waals surface area contributed by atoms with E-state index in [1.807, 2.05) is 6.08 Å². The molecule has 2 unspecified atom stereocenters. The highest BCUT2D eigenvalue weighted by Gasteiger charge is 2.71. The Balaban J connectivity index is 1.63. The van der Waals surface area contributed by atoms with Crippen molar-refractivity contribution in [2.45, 2.75) is 113 Å². The molecule has 0 aromatic rings. The molecule has 4 saturated carbocycles. The number of carbonyl (C=O) groups is 2. The molecule has 0 aliphatic heterocycles. The molecule has 5 aliphatic rings. The highest BCUT2D eigenvalue weighted by molar-refractivity contribution is 6.02. The third kappa shape index (κ3) is 3.01. The monoisotopic (exact) mass is 477 g/mol. The predicted octanol–water partition coefficient (Wildman–Crippen LogP) is 8.05. The molecule has 0 aromatic heterocycles. The van der Waals surface area contributed by atoms with Gasteiger partial charge in [-0.3, -0.25) is 4.79 Å². The molecular weight excluding hydrogens is 430 g/mol. The standard InChI is InChI=1S/C32H47NO2/c1-10-32-15-13-27(2,3)18-20(32)25-22(34)17-24-29(6)19-21(33-9)26(35)28(4,5)23(29)11-12-30(24,7)31(25,8)14-16-32/h19-20,23-25H,10-18H2,1-8H3/t20?,23-,24+,25?,29-,30+,31+,32+/m0/s1. The van der Waals surface area contributed by atoms with Gasteiger partial charge in [-0.15, -0.1) is 0 Å². The van der Waals surface area contributed by atoms with Gasteiger partial charge in [0.15, 0.2) is 5.78 Å². The van der Waals surface area contributed by atoms with Crippen LogP contribution in [0.2, 0.25) is 0 Å². The zero-order chi connectivity index (χ0) is 25.8. The van der Waals surface area contributed by atoms with Gasteiger partial charge in [0.05, 0.1) is 6.57 Å². The van der Waals surface area contributed by atoms with Crippen LogP contribution in [0.25, 0.3) is 4.85 Å². The van der Waals surface area contributed by atoms with E-state index in [0.29, 0.717) is 34.6 Å². The second-order valence-electron chi connectivity index (χ2n) is 15.4. The summed E-state index contributed by atoms with van der Waals surface area (Å²) >= 11 is 0. The number of ketones is 2. The first kappa shape index (κ1) is 25.2. The van der Waals surface area contributed by atoms with E-state index < -0.39 is 5.41 Å². The summed E-state index contributed by atoms with van der Waals surface area (Å²) < 4.78 is 0. The van der Waals surface area contributed by atoms with Gasteiger partial charge in [0.25, 0.3) is 0 Å². The lowest BCUT2D eigenvalue weighted by Gasteiger charge is -2.72. The Morgan fingerprint density at radius 3 is 2.20 bits per heavy atom. The van der Waals surface area contributed by atoms with Crippen LogP contribution >= 0.6 is 0 Å². The molecule has 0 spiro atoms. The molecule has 0 saturated heterocycles. The van der Waals surface area contributed by atoms with Crippen LogP contribution in [0.3, 0.4) is 0 Å². The van der Waals surface area contributed by atoms with E-state index in [1.165, 1.54) is 32.1 Å². The lowest BCUT2D eigenvalue weighted by Crippen LogP contribution is -2.68.